The lowest BCUT2D eigenvalue weighted by molar-refractivity contribution is 0.112. The van der Waals surface area contributed by atoms with Crippen molar-refractivity contribution in [2.45, 2.75) is 12.8 Å². The summed E-state index contributed by atoms with van der Waals surface area (Å²) in [6, 6.07) is 7.76. The number of nitrogens with one attached hydrogen (secondary N) is 1. The zero-order valence-electron chi connectivity index (χ0n) is 7.92. The Bertz CT molecular complexity index is 271. The highest BCUT2D eigenvalue weighted by Gasteiger charge is 1.94. The third kappa shape index (κ3) is 3.38. The fourth-order valence-electron chi connectivity index (χ4n) is 1.29. The summed E-state index contributed by atoms with van der Waals surface area (Å²) in [6.07, 6.45) is 3.03. The zero-order valence-corrected chi connectivity index (χ0v) is 7.92. The number of carbonyl (C=O) groups excluding carboxylic acids is 1. The van der Waals surface area contributed by atoms with Crippen LogP contribution in [0.3, 0.4) is 0 Å². The van der Waals surface area contributed by atoms with Crippen LogP contribution in [-0.2, 0) is 6.42 Å². The molecule has 0 aliphatic heterocycles. The van der Waals surface area contributed by atoms with E-state index >= 15 is 0 Å². The minimum absolute atomic E-state index is 0.766. The van der Waals surface area contributed by atoms with Crippen LogP contribution in [0, 0.1) is 0 Å². The fraction of sp³-hybridized carbons (Fsp3) is 0.364. The summed E-state index contributed by atoms with van der Waals surface area (Å²) in [6.45, 7) is 1.02. The highest BCUT2D eigenvalue weighted by atomic mass is 16.1. The molecule has 0 bridgehead atoms. The average Bonchev–Trinajstić information content (AvgIpc) is 2.19. The number of aldehydes is 1. The molecule has 0 spiro atoms. The Kier molecular flexibility index (Phi) is 4.19. The van der Waals surface area contributed by atoms with Gasteiger partial charge in [0.1, 0.15) is 6.29 Å². The molecule has 0 fully saturated rings. The van der Waals surface area contributed by atoms with E-state index in [-0.39, 0.29) is 0 Å². The molecular formula is C11H15NO. The molecule has 0 aliphatic carbocycles. The van der Waals surface area contributed by atoms with Crippen molar-refractivity contribution < 1.29 is 4.79 Å². The van der Waals surface area contributed by atoms with Crippen LogP contribution in [0.25, 0.3) is 0 Å². The second-order valence-electron chi connectivity index (χ2n) is 3.07. The first-order valence-corrected chi connectivity index (χ1v) is 4.55. The Balaban J connectivity index is 2.51. The van der Waals surface area contributed by atoms with Gasteiger partial charge in [0.2, 0.25) is 0 Å². The number of hydrogen-bond donors (Lipinski definition) is 1. The number of benzene rings is 1. The van der Waals surface area contributed by atoms with Crippen molar-refractivity contribution in [1.82, 2.24) is 5.32 Å². The minimum Gasteiger partial charge on any atom is -0.320 e. The molecule has 0 aliphatic rings. The van der Waals surface area contributed by atoms with Gasteiger partial charge in [0.25, 0.3) is 0 Å². The molecule has 0 atom stereocenters. The molecule has 2 nitrogen and oxygen atoms in total. The van der Waals surface area contributed by atoms with Gasteiger partial charge in [-0.3, -0.25) is 4.79 Å². The summed E-state index contributed by atoms with van der Waals surface area (Å²) in [5.74, 6) is 0. The SMILES string of the molecule is CNCCCc1cccc(C=O)c1. The monoisotopic (exact) mass is 177 g/mol. The fourth-order valence-corrected chi connectivity index (χ4v) is 1.29. The van der Waals surface area contributed by atoms with Crippen molar-refractivity contribution in [1.29, 1.82) is 0 Å². The average molecular weight is 177 g/mol. The van der Waals surface area contributed by atoms with E-state index in [1.807, 2.05) is 25.2 Å². The van der Waals surface area contributed by atoms with Gasteiger partial charge in [-0.2, -0.15) is 0 Å². The Morgan fingerprint density at radius 1 is 1.46 bits per heavy atom. The lowest BCUT2D eigenvalue weighted by atomic mass is 10.1. The lowest BCUT2D eigenvalue weighted by Gasteiger charge is -2.01. The van der Waals surface area contributed by atoms with E-state index in [1.54, 1.807) is 0 Å². The van der Waals surface area contributed by atoms with E-state index < -0.39 is 0 Å². The minimum atomic E-state index is 0.766. The second kappa shape index (κ2) is 5.49. The highest BCUT2D eigenvalue weighted by molar-refractivity contribution is 5.74. The summed E-state index contributed by atoms with van der Waals surface area (Å²) in [4.78, 5) is 10.5. The molecule has 0 radical (unpaired) electrons. The standard InChI is InChI=1S/C11H15NO/c1-12-7-3-6-10-4-2-5-11(8-10)9-13/h2,4-5,8-9,12H,3,6-7H2,1H3. The molecule has 1 aromatic rings. The predicted octanol–water partition coefficient (Wildman–Crippen LogP) is 1.65. The third-order valence-electron chi connectivity index (χ3n) is 1.98. The van der Waals surface area contributed by atoms with Gasteiger partial charge in [-0.1, -0.05) is 18.2 Å². The molecule has 0 unspecified atom stereocenters. The number of carbonyl (C=O) groups is 1. The van der Waals surface area contributed by atoms with Crippen LogP contribution in [-0.4, -0.2) is 19.9 Å². The van der Waals surface area contributed by atoms with Crippen molar-refractivity contribution in [3.8, 4) is 0 Å². The molecule has 0 heterocycles. The maximum Gasteiger partial charge on any atom is 0.150 e. The quantitative estimate of drug-likeness (QED) is 0.547. The van der Waals surface area contributed by atoms with E-state index in [4.69, 9.17) is 0 Å². The van der Waals surface area contributed by atoms with Crippen molar-refractivity contribution in [3.05, 3.63) is 35.4 Å². The smallest absolute Gasteiger partial charge is 0.150 e. The van der Waals surface area contributed by atoms with Crippen LogP contribution in [0.1, 0.15) is 22.3 Å². The van der Waals surface area contributed by atoms with E-state index in [2.05, 4.69) is 11.4 Å². The van der Waals surface area contributed by atoms with Crippen molar-refractivity contribution >= 4 is 6.29 Å². The zero-order chi connectivity index (χ0) is 9.52. The van der Waals surface area contributed by atoms with Gasteiger partial charge in [0, 0.05) is 5.56 Å². The number of rotatable bonds is 5. The normalized spacial score (nSPS) is 9.92. The lowest BCUT2D eigenvalue weighted by Crippen LogP contribution is -2.08. The molecule has 0 saturated heterocycles. The summed E-state index contributed by atoms with van der Waals surface area (Å²) >= 11 is 0. The second-order valence-corrected chi connectivity index (χ2v) is 3.07. The summed E-state index contributed by atoms with van der Waals surface area (Å²) in [7, 11) is 1.95. The van der Waals surface area contributed by atoms with Gasteiger partial charge in [0.15, 0.2) is 0 Å². The van der Waals surface area contributed by atoms with Crippen molar-refractivity contribution in [2.75, 3.05) is 13.6 Å². The van der Waals surface area contributed by atoms with Gasteiger partial charge < -0.3 is 5.32 Å². The van der Waals surface area contributed by atoms with E-state index in [0.29, 0.717) is 0 Å². The van der Waals surface area contributed by atoms with Gasteiger partial charge in [-0.25, -0.2) is 0 Å². The molecule has 1 N–H and O–H groups in total. The Hall–Kier alpha value is -1.15. The third-order valence-corrected chi connectivity index (χ3v) is 1.98. The van der Waals surface area contributed by atoms with Gasteiger partial charge >= 0.3 is 0 Å². The van der Waals surface area contributed by atoms with E-state index in [9.17, 15) is 4.79 Å². The highest BCUT2D eigenvalue weighted by Crippen LogP contribution is 2.05. The van der Waals surface area contributed by atoms with Gasteiger partial charge in [-0.05, 0) is 38.1 Å². The van der Waals surface area contributed by atoms with Gasteiger partial charge in [0.05, 0.1) is 0 Å². The Labute approximate surface area is 79.0 Å². The number of aryl methyl sites for hydroxylation is 1. The molecule has 2 heteroatoms. The largest absolute Gasteiger partial charge is 0.320 e. The van der Waals surface area contributed by atoms with Crippen LogP contribution in [0.2, 0.25) is 0 Å². The molecule has 0 amide bonds. The Morgan fingerprint density at radius 2 is 2.31 bits per heavy atom. The topological polar surface area (TPSA) is 29.1 Å². The molecule has 13 heavy (non-hydrogen) atoms. The van der Waals surface area contributed by atoms with Crippen molar-refractivity contribution in [3.63, 3.8) is 0 Å². The number of hydrogen-bond acceptors (Lipinski definition) is 2. The van der Waals surface area contributed by atoms with Crippen LogP contribution in [0.4, 0.5) is 0 Å². The molecular weight excluding hydrogens is 162 g/mol. The van der Waals surface area contributed by atoms with Crippen LogP contribution >= 0.6 is 0 Å². The molecule has 70 valence electrons. The van der Waals surface area contributed by atoms with Crippen LogP contribution < -0.4 is 5.32 Å². The summed E-state index contributed by atoms with van der Waals surface area (Å²) in [5.41, 5.74) is 2.00. The molecule has 1 aromatic carbocycles. The van der Waals surface area contributed by atoms with Gasteiger partial charge in [-0.15, -0.1) is 0 Å². The maximum absolute atomic E-state index is 10.5. The summed E-state index contributed by atoms with van der Waals surface area (Å²) < 4.78 is 0. The molecule has 1 rings (SSSR count). The molecule has 0 aromatic heterocycles. The molecule has 0 saturated carbocycles. The van der Waals surface area contributed by atoms with Crippen LogP contribution in [0.5, 0.6) is 0 Å². The van der Waals surface area contributed by atoms with Crippen LogP contribution in [0.15, 0.2) is 24.3 Å². The maximum atomic E-state index is 10.5. The van der Waals surface area contributed by atoms with E-state index in [1.165, 1.54) is 5.56 Å². The predicted molar refractivity (Wildman–Crippen MR) is 54.1 cm³/mol. The first-order valence-electron chi connectivity index (χ1n) is 4.55. The first-order chi connectivity index (χ1) is 6.36. The Morgan fingerprint density at radius 3 is 3.00 bits per heavy atom. The van der Waals surface area contributed by atoms with Crippen molar-refractivity contribution in [2.24, 2.45) is 0 Å². The van der Waals surface area contributed by atoms with E-state index in [0.717, 1.165) is 31.2 Å². The summed E-state index contributed by atoms with van der Waals surface area (Å²) in [5, 5.41) is 3.10. The first kappa shape index (κ1) is 9.93.